The lowest BCUT2D eigenvalue weighted by Crippen LogP contribution is -2.48. The molecular weight excluding hydrogens is 721 g/mol. The van der Waals surface area contributed by atoms with Crippen molar-refractivity contribution >= 4 is 20.1 Å². The summed E-state index contributed by atoms with van der Waals surface area (Å²) in [6.45, 7) is 9.74. The molecular formula is C41H50N5O8P. The first-order chi connectivity index (χ1) is 26.4. The Morgan fingerprint density at radius 3 is 2.02 bits per heavy atom. The summed E-state index contributed by atoms with van der Waals surface area (Å²) in [4.78, 5) is 31.3. The number of aromatic nitrogens is 2. The molecule has 0 amide bonds. The summed E-state index contributed by atoms with van der Waals surface area (Å²) in [7, 11) is 1.41. The second-order valence-electron chi connectivity index (χ2n) is 13.7. The number of nitriles is 1. The third-order valence-electron chi connectivity index (χ3n) is 9.34. The third-order valence-corrected chi connectivity index (χ3v) is 11.5. The topological polar surface area (TPSA) is 160 Å². The first kappa shape index (κ1) is 41.5. The van der Waals surface area contributed by atoms with Gasteiger partial charge in [-0.15, -0.1) is 0 Å². The molecule has 0 spiro atoms. The summed E-state index contributed by atoms with van der Waals surface area (Å²) in [6.07, 6.45) is -2.18. The van der Waals surface area contributed by atoms with Gasteiger partial charge in [-0.05, 0) is 81.6 Å². The van der Waals surface area contributed by atoms with Crippen LogP contribution in [0.4, 0.5) is 5.82 Å². The number of nitrogens with zero attached hydrogens (tertiary/aromatic N) is 4. The van der Waals surface area contributed by atoms with Gasteiger partial charge >= 0.3 is 5.69 Å². The van der Waals surface area contributed by atoms with Crippen LogP contribution in [-0.4, -0.2) is 71.2 Å². The van der Waals surface area contributed by atoms with Crippen molar-refractivity contribution in [2.75, 3.05) is 26.6 Å². The Morgan fingerprint density at radius 2 is 1.53 bits per heavy atom. The number of anilines is 1. The van der Waals surface area contributed by atoms with E-state index in [0.717, 1.165) is 16.7 Å². The fourth-order valence-electron chi connectivity index (χ4n) is 6.86. The van der Waals surface area contributed by atoms with E-state index >= 15 is 0 Å². The van der Waals surface area contributed by atoms with Crippen molar-refractivity contribution in [3.05, 3.63) is 118 Å². The fourth-order valence-corrected chi connectivity index (χ4v) is 8.60. The van der Waals surface area contributed by atoms with Crippen molar-refractivity contribution in [1.82, 2.24) is 14.2 Å². The molecule has 14 heteroatoms. The minimum absolute atomic E-state index is 0.00408. The van der Waals surface area contributed by atoms with Crippen LogP contribution in [0.5, 0.6) is 11.5 Å². The van der Waals surface area contributed by atoms with E-state index in [2.05, 4.69) is 15.7 Å². The minimum Gasteiger partial charge on any atom is -0.497 e. The molecule has 55 heavy (non-hydrogen) atoms. The maximum absolute atomic E-state index is 14.2. The first-order valence-corrected chi connectivity index (χ1v) is 19.3. The molecule has 2 N–H and O–H groups in total. The number of methoxy groups -OCH3 is 2. The molecule has 0 bridgehead atoms. The Morgan fingerprint density at radius 1 is 0.964 bits per heavy atom. The number of hydrogen-bond acceptors (Lipinski definition) is 12. The average molecular weight is 772 g/mol. The summed E-state index contributed by atoms with van der Waals surface area (Å²) in [5.74, 6) is 1.03. The van der Waals surface area contributed by atoms with Crippen molar-refractivity contribution in [2.45, 2.75) is 89.7 Å². The molecule has 292 valence electrons. The highest BCUT2D eigenvalue weighted by atomic mass is 31.2. The van der Waals surface area contributed by atoms with Gasteiger partial charge in [-0.3, -0.25) is 9.36 Å². The number of hydrogen-bond donors (Lipinski definition) is 1. The number of Topliss-reactive ketones (excluding diaryl/α,β-unsaturated/α-hetero) is 1. The van der Waals surface area contributed by atoms with Crippen LogP contribution >= 0.6 is 8.53 Å². The number of benzene rings is 3. The van der Waals surface area contributed by atoms with Crippen molar-refractivity contribution < 1.29 is 32.8 Å². The van der Waals surface area contributed by atoms with E-state index in [4.69, 9.17) is 33.7 Å². The number of carbonyl (C=O) groups excluding carboxylic acids is 1. The molecule has 2 heterocycles. The van der Waals surface area contributed by atoms with Gasteiger partial charge in [-0.1, -0.05) is 54.6 Å². The Balaban J connectivity index is 1.69. The van der Waals surface area contributed by atoms with Crippen molar-refractivity contribution in [3.63, 3.8) is 0 Å². The Bertz CT molecular complexity index is 1900. The Hall–Kier alpha value is -4.67. The first-order valence-electron chi connectivity index (χ1n) is 18.2. The zero-order valence-electron chi connectivity index (χ0n) is 32.3. The van der Waals surface area contributed by atoms with Crippen molar-refractivity contribution in [2.24, 2.45) is 0 Å². The third kappa shape index (κ3) is 9.42. The zero-order valence-corrected chi connectivity index (χ0v) is 33.2. The SMILES string of the molecule is COc1ccc(C(OC(C(C)=O)[C@H]2O[C@@H](n3ccc(N)nc3=O)C[C@@H]2OP(OCCC#N)N(C(C)C)C(C)C)(c2ccccc2)c2ccc(OC)cc2)cc1. The minimum atomic E-state index is -1.79. The van der Waals surface area contributed by atoms with Crippen molar-refractivity contribution in [1.29, 1.82) is 5.26 Å². The summed E-state index contributed by atoms with van der Waals surface area (Å²) < 4.78 is 41.7. The highest BCUT2D eigenvalue weighted by Crippen LogP contribution is 2.51. The maximum Gasteiger partial charge on any atom is 0.351 e. The smallest absolute Gasteiger partial charge is 0.351 e. The molecule has 5 rings (SSSR count). The van der Waals surface area contributed by atoms with Crippen LogP contribution in [0.25, 0.3) is 0 Å². The van der Waals surface area contributed by atoms with Crippen LogP contribution < -0.4 is 20.9 Å². The molecule has 1 saturated heterocycles. The molecule has 0 radical (unpaired) electrons. The fraction of sp³-hybridized carbons (Fsp3) is 0.415. The van der Waals surface area contributed by atoms with E-state index in [1.54, 1.807) is 14.2 Å². The number of carbonyl (C=O) groups is 1. The number of ketones is 1. The number of nitrogen functional groups attached to an aromatic ring is 1. The van der Waals surface area contributed by atoms with Crippen LogP contribution in [-0.2, 0) is 28.9 Å². The van der Waals surface area contributed by atoms with E-state index in [1.165, 1.54) is 23.8 Å². The van der Waals surface area contributed by atoms with E-state index in [0.29, 0.717) is 11.5 Å². The molecule has 5 atom stereocenters. The van der Waals surface area contributed by atoms with E-state index in [1.807, 2.05) is 107 Å². The van der Waals surface area contributed by atoms with Crippen molar-refractivity contribution in [3.8, 4) is 17.6 Å². The molecule has 4 aromatic rings. The van der Waals surface area contributed by atoms with Gasteiger partial charge in [0.05, 0.1) is 39.4 Å². The normalized spacial score (nSPS) is 18.3. The van der Waals surface area contributed by atoms with Crippen LogP contribution in [0, 0.1) is 11.3 Å². The number of ether oxygens (including phenoxy) is 4. The summed E-state index contributed by atoms with van der Waals surface area (Å²) >= 11 is 0. The van der Waals surface area contributed by atoms with E-state index in [-0.39, 0.29) is 43.1 Å². The summed E-state index contributed by atoms with van der Waals surface area (Å²) in [5, 5.41) is 9.34. The van der Waals surface area contributed by atoms with Gasteiger partial charge in [0.15, 0.2) is 5.78 Å². The van der Waals surface area contributed by atoms with Gasteiger partial charge in [0.25, 0.3) is 8.53 Å². The average Bonchev–Trinajstić information content (AvgIpc) is 3.58. The number of nitrogens with two attached hydrogens (primary N) is 1. The van der Waals surface area contributed by atoms with E-state index < -0.39 is 44.4 Å². The van der Waals surface area contributed by atoms with Gasteiger partial charge in [-0.25, -0.2) is 9.46 Å². The highest BCUT2D eigenvalue weighted by Gasteiger charge is 2.51. The Kier molecular flexibility index (Phi) is 14.2. The lowest BCUT2D eigenvalue weighted by molar-refractivity contribution is -0.163. The van der Waals surface area contributed by atoms with Gasteiger partial charge in [0, 0.05) is 24.7 Å². The largest absolute Gasteiger partial charge is 0.497 e. The summed E-state index contributed by atoms with van der Waals surface area (Å²) in [5.41, 5.74) is 6.03. The van der Waals surface area contributed by atoms with Crippen LogP contribution in [0.1, 0.15) is 70.4 Å². The molecule has 0 aliphatic carbocycles. The van der Waals surface area contributed by atoms with Crippen LogP contribution in [0.3, 0.4) is 0 Å². The molecule has 2 unspecified atom stereocenters. The second kappa shape index (κ2) is 18.8. The molecule has 1 fully saturated rings. The predicted molar refractivity (Wildman–Crippen MR) is 209 cm³/mol. The molecule has 1 aliphatic heterocycles. The standard InChI is InChI=1S/C41H50N5O8P/c1-27(2)46(28(3)4)55(51-25-11-23-42)54-35-26-37(45-24-22-36(43)44-40(45)48)52-39(35)38(29(5)47)53-41(30-12-9-8-10-13-30,31-14-18-33(49-6)19-15-31)32-16-20-34(50-7)21-17-32/h8-10,12-22,24,27-28,35,37-39H,11,25-26H2,1-7H3,(H2,43,44,48)/t35-,37+,38?,39-,55?/m0/s1. The second-order valence-corrected chi connectivity index (χ2v) is 15.1. The molecule has 1 aromatic heterocycles. The lowest BCUT2D eigenvalue weighted by Gasteiger charge is -2.41. The summed E-state index contributed by atoms with van der Waals surface area (Å²) in [6, 6.07) is 28.3. The van der Waals surface area contributed by atoms with Gasteiger partial charge < -0.3 is 33.7 Å². The van der Waals surface area contributed by atoms with Crippen LogP contribution in [0.2, 0.25) is 0 Å². The maximum atomic E-state index is 14.2. The Labute approximate surface area is 323 Å². The van der Waals surface area contributed by atoms with Gasteiger partial charge in [-0.2, -0.15) is 10.2 Å². The lowest BCUT2D eigenvalue weighted by atomic mass is 9.79. The predicted octanol–water partition coefficient (Wildman–Crippen LogP) is 6.76. The number of rotatable bonds is 18. The highest BCUT2D eigenvalue weighted by molar-refractivity contribution is 7.44. The monoisotopic (exact) mass is 771 g/mol. The van der Waals surface area contributed by atoms with Gasteiger partial charge in [0.1, 0.15) is 41.4 Å². The quantitative estimate of drug-likeness (QED) is 0.0645. The molecule has 13 nitrogen and oxygen atoms in total. The molecule has 0 saturated carbocycles. The van der Waals surface area contributed by atoms with Crippen LogP contribution in [0.15, 0.2) is 95.9 Å². The van der Waals surface area contributed by atoms with E-state index in [9.17, 15) is 14.9 Å². The molecule has 1 aliphatic rings. The molecule has 3 aromatic carbocycles. The van der Waals surface area contributed by atoms with Gasteiger partial charge in [0.2, 0.25) is 0 Å². The zero-order chi connectivity index (χ0) is 39.7.